The molecule has 0 radical (unpaired) electrons. The van der Waals surface area contributed by atoms with Crippen LogP contribution < -0.4 is 10.1 Å². The third-order valence-electron chi connectivity index (χ3n) is 3.94. The Kier molecular flexibility index (Phi) is 3.92. The quantitative estimate of drug-likeness (QED) is 0.939. The molecular weight excluding hydrogens is 269 g/mol. The lowest BCUT2D eigenvalue weighted by atomic mass is 9.95. The van der Waals surface area contributed by atoms with E-state index < -0.39 is 0 Å². The number of benzene rings is 1. The van der Waals surface area contributed by atoms with E-state index in [9.17, 15) is 4.39 Å². The van der Waals surface area contributed by atoms with Crippen molar-refractivity contribution >= 4 is 0 Å². The van der Waals surface area contributed by atoms with Crippen LogP contribution in [0.1, 0.15) is 43.7 Å². The summed E-state index contributed by atoms with van der Waals surface area (Å²) in [6.45, 7) is 5.85. The van der Waals surface area contributed by atoms with Gasteiger partial charge in [-0.15, -0.1) is 0 Å². The molecule has 1 aliphatic heterocycles. The smallest absolute Gasteiger partial charge is 0.142 e. The summed E-state index contributed by atoms with van der Waals surface area (Å²) in [5, 5.41) is 3.46. The lowest BCUT2D eigenvalue weighted by molar-refractivity contribution is 0.143. The van der Waals surface area contributed by atoms with Crippen molar-refractivity contribution in [2.24, 2.45) is 0 Å². The Bertz CT molecular complexity index is 626. The molecule has 3 rings (SSSR count). The number of ether oxygens (including phenoxy) is 1. The second kappa shape index (κ2) is 5.85. The van der Waals surface area contributed by atoms with Crippen molar-refractivity contribution in [1.82, 2.24) is 14.9 Å². The number of hydrogen-bond acceptors (Lipinski definition) is 3. The molecule has 2 unspecified atom stereocenters. The summed E-state index contributed by atoms with van der Waals surface area (Å²) < 4.78 is 21.6. The van der Waals surface area contributed by atoms with Crippen LogP contribution in [0.15, 0.2) is 30.7 Å². The van der Waals surface area contributed by atoms with Gasteiger partial charge in [-0.1, -0.05) is 13.0 Å². The molecule has 1 aromatic carbocycles. The van der Waals surface area contributed by atoms with Crippen molar-refractivity contribution in [3.63, 3.8) is 0 Å². The van der Waals surface area contributed by atoms with Crippen LogP contribution in [0.3, 0.4) is 0 Å². The fourth-order valence-electron chi connectivity index (χ4n) is 2.92. The largest absolute Gasteiger partial charge is 0.484 e. The summed E-state index contributed by atoms with van der Waals surface area (Å²) in [5.41, 5.74) is 2.06. The molecule has 1 aromatic heterocycles. The highest BCUT2D eigenvalue weighted by molar-refractivity contribution is 5.39. The van der Waals surface area contributed by atoms with Crippen LogP contribution in [0, 0.1) is 5.82 Å². The molecule has 0 saturated heterocycles. The number of imidazole rings is 1. The van der Waals surface area contributed by atoms with Gasteiger partial charge in [0.1, 0.15) is 17.7 Å². The second-order valence-electron chi connectivity index (χ2n) is 5.24. The van der Waals surface area contributed by atoms with Crippen LogP contribution >= 0.6 is 0 Å². The summed E-state index contributed by atoms with van der Waals surface area (Å²) in [6, 6.07) is 4.94. The molecule has 0 spiro atoms. The van der Waals surface area contributed by atoms with Crippen molar-refractivity contribution in [1.29, 1.82) is 0 Å². The molecule has 0 saturated carbocycles. The zero-order chi connectivity index (χ0) is 14.8. The zero-order valence-corrected chi connectivity index (χ0v) is 12.3. The van der Waals surface area contributed by atoms with E-state index >= 15 is 0 Å². The molecule has 0 bridgehead atoms. The van der Waals surface area contributed by atoms with Gasteiger partial charge in [-0.25, -0.2) is 9.37 Å². The molecule has 21 heavy (non-hydrogen) atoms. The van der Waals surface area contributed by atoms with Crippen LogP contribution in [-0.2, 0) is 6.54 Å². The summed E-state index contributed by atoms with van der Waals surface area (Å²) in [4.78, 5) is 4.20. The first-order valence-corrected chi connectivity index (χ1v) is 7.42. The third kappa shape index (κ3) is 2.65. The van der Waals surface area contributed by atoms with Gasteiger partial charge in [-0.05, 0) is 19.5 Å². The van der Waals surface area contributed by atoms with E-state index in [2.05, 4.69) is 28.7 Å². The number of nitrogens with zero attached hydrogens (tertiary/aromatic N) is 2. The minimum Gasteiger partial charge on any atom is -0.484 e. The van der Waals surface area contributed by atoms with E-state index in [1.54, 1.807) is 0 Å². The number of hydrogen-bond donors (Lipinski definition) is 1. The second-order valence-corrected chi connectivity index (χ2v) is 5.24. The normalized spacial score (nSPS) is 20.9. The maximum absolute atomic E-state index is 13.5. The highest BCUT2D eigenvalue weighted by Gasteiger charge is 2.30. The van der Waals surface area contributed by atoms with Crippen molar-refractivity contribution in [2.75, 3.05) is 6.54 Å². The van der Waals surface area contributed by atoms with Crippen molar-refractivity contribution in [2.45, 2.75) is 39.0 Å². The molecule has 4 nitrogen and oxygen atoms in total. The average Bonchev–Trinajstić information content (AvgIpc) is 2.95. The minimum absolute atomic E-state index is 0.106. The summed E-state index contributed by atoms with van der Waals surface area (Å²) >= 11 is 0. The highest BCUT2D eigenvalue weighted by Crippen LogP contribution is 2.40. The van der Waals surface area contributed by atoms with Crippen LogP contribution in [0.4, 0.5) is 4.39 Å². The molecule has 0 aliphatic carbocycles. The minimum atomic E-state index is -0.270. The van der Waals surface area contributed by atoms with Gasteiger partial charge in [0, 0.05) is 30.6 Å². The fraction of sp³-hybridized carbons (Fsp3) is 0.438. The lowest BCUT2D eigenvalue weighted by Gasteiger charge is -2.33. The van der Waals surface area contributed by atoms with Crippen molar-refractivity contribution in [3.05, 3.63) is 47.8 Å². The third-order valence-corrected chi connectivity index (χ3v) is 3.94. The van der Waals surface area contributed by atoms with Crippen LogP contribution in [0.2, 0.25) is 0 Å². The number of aryl methyl sites for hydroxylation is 1. The number of nitrogens with one attached hydrogen (secondary N) is 1. The monoisotopic (exact) mass is 289 g/mol. The maximum atomic E-state index is 13.5. The fourth-order valence-corrected chi connectivity index (χ4v) is 2.92. The van der Waals surface area contributed by atoms with E-state index in [0.717, 1.165) is 30.8 Å². The molecule has 112 valence electrons. The molecule has 5 heteroatoms. The SMILES string of the molecule is CCNC1CC(c2cncn2CC)Oc2cc(F)ccc21. The predicted octanol–water partition coefficient (Wildman–Crippen LogP) is 3.22. The number of fused-ring (bicyclic) bond motifs is 1. The van der Waals surface area contributed by atoms with E-state index in [1.807, 2.05) is 18.6 Å². The molecule has 0 fully saturated rings. The van der Waals surface area contributed by atoms with Crippen molar-refractivity contribution < 1.29 is 9.13 Å². The van der Waals surface area contributed by atoms with E-state index in [-0.39, 0.29) is 18.0 Å². The molecule has 1 N–H and O–H groups in total. The first kappa shape index (κ1) is 14.1. The van der Waals surface area contributed by atoms with E-state index in [0.29, 0.717) is 5.75 Å². The van der Waals surface area contributed by atoms with Gasteiger partial charge in [-0.3, -0.25) is 0 Å². The summed E-state index contributed by atoms with van der Waals surface area (Å²) in [5.74, 6) is 0.356. The Morgan fingerprint density at radius 3 is 3.05 bits per heavy atom. The summed E-state index contributed by atoms with van der Waals surface area (Å²) in [6.07, 6.45) is 4.35. The van der Waals surface area contributed by atoms with Crippen LogP contribution in [0.25, 0.3) is 0 Å². The van der Waals surface area contributed by atoms with Crippen LogP contribution in [-0.4, -0.2) is 16.1 Å². The van der Waals surface area contributed by atoms with E-state index in [4.69, 9.17) is 4.74 Å². The Balaban J connectivity index is 1.96. The Hall–Kier alpha value is -1.88. The van der Waals surface area contributed by atoms with Gasteiger partial charge >= 0.3 is 0 Å². The summed E-state index contributed by atoms with van der Waals surface area (Å²) in [7, 11) is 0. The van der Waals surface area contributed by atoms with Crippen molar-refractivity contribution in [3.8, 4) is 5.75 Å². The highest BCUT2D eigenvalue weighted by atomic mass is 19.1. The van der Waals surface area contributed by atoms with Crippen LogP contribution in [0.5, 0.6) is 5.75 Å². The first-order chi connectivity index (χ1) is 10.2. The van der Waals surface area contributed by atoms with Gasteiger partial charge in [0.15, 0.2) is 0 Å². The predicted molar refractivity (Wildman–Crippen MR) is 78.7 cm³/mol. The first-order valence-electron chi connectivity index (χ1n) is 7.42. The molecule has 0 amide bonds. The Morgan fingerprint density at radius 1 is 1.43 bits per heavy atom. The Labute approximate surface area is 124 Å². The van der Waals surface area contributed by atoms with Gasteiger partial charge in [-0.2, -0.15) is 0 Å². The lowest BCUT2D eigenvalue weighted by Crippen LogP contribution is -2.30. The van der Waals surface area contributed by atoms with E-state index in [1.165, 1.54) is 12.1 Å². The number of rotatable bonds is 4. The molecule has 2 heterocycles. The molecule has 2 atom stereocenters. The molecular formula is C16H20FN3O. The zero-order valence-electron chi connectivity index (χ0n) is 12.3. The topological polar surface area (TPSA) is 39.1 Å². The maximum Gasteiger partial charge on any atom is 0.142 e. The molecule has 1 aliphatic rings. The number of aromatic nitrogens is 2. The Morgan fingerprint density at radius 2 is 2.29 bits per heavy atom. The standard InChI is InChI=1S/C16H20FN3O/c1-3-19-13-8-16(14-9-18-10-20(14)4-2)21-15-7-11(17)5-6-12(13)15/h5-7,9-10,13,16,19H,3-4,8H2,1-2H3. The van der Waals surface area contributed by atoms with Gasteiger partial charge in [0.05, 0.1) is 18.2 Å². The van der Waals surface area contributed by atoms with Gasteiger partial charge in [0.2, 0.25) is 0 Å². The average molecular weight is 289 g/mol. The van der Waals surface area contributed by atoms with Gasteiger partial charge in [0.25, 0.3) is 0 Å². The number of halogens is 1. The molecule has 2 aromatic rings. The van der Waals surface area contributed by atoms with Gasteiger partial charge < -0.3 is 14.6 Å².